The first-order valence-electron chi connectivity index (χ1n) is 7.14. The van der Waals surface area contributed by atoms with Gasteiger partial charge in [-0.05, 0) is 38.8 Å². The Kier molecular flexibility index (Phi) is 6.72. The lowest BCUT2D eigenvalue weighted by atomic mass is 9.92. The number of Topliss-reactive ketones (excluding diaryl/α,β-unsaturated/α-hetero) is 2. The number of aryl methyl sites for hydroxylation is 1. The molecule has 1 rings (SSSR count). The molecule has 1 aromatic heterocycles. The van der Waals surface area contributed by atoms with Crippen molar-refractivity contribution in [1.29, 1.82) is 0 Å². The Morgan fingerprint density at radius 3 is 2.57 bits per heavy atom. The molecule has 1 aromatic rings. The normalized spacial score (nSPS) is 11.8. The van der Waals surface area contributed by atoms with Gasteiger partial charge in [-0.1, -0.05) is 6.92 Å². The number of aromatic nitrogens is 1. The molecule has 5 heteroatoms. The summed E-state index contributed by atoms with van der Waals surface area (Å²) in [5.74, 6) is -1.87. The zero-order valence-corrected chi connectivity index (χ0v) is 12.7. The fourth-order valence-electron chi connectivity index (χ4n) is 1.97. The van der Waals surface area contributed by atoms with E-state index in [1.165, 1.54) is 6.92 Å². The SMILES string of the molecule is CCOC(=O)C(CCC(C)=O)C(=O)c1ccnc(CC)c1. The van der Waals surface area contributed by atoms with Gasteiger partial charge in [0.2, 0.25) is 0 Å². The lowest BCUT2D eigenvalue weighted by Crippen LogP contribution is -2.27. The van der Waals surface area contributed by atoms with Gasteiger partial charge < -0.3 is 9.53 Å². The Morgan fingerprint density at radius 2 is 2.00 bits per heavy atom. The van der Waals surface area contributed by atoms with Crippen LogP contribution in [-0.2, 0) is 20.7 Å². The lowest BCUT2D eigenvalue weighted by Gasteiger charge is -2.14. The molecule has 0 aliphatic carbocycles. The molecule has 0 spiro atoms. The van der Waals surface area contributed by atoms with Crippen molar-refractivity contribution < 1.29 is 19.1 Å². The zero-order chi connectivity index (χ0) is 15.8. The molecule has 0 bridgehead atoms. The fourth-order valence-corrected chi connectivity index (χ4v) is 1.97. The van der Waals surface area contributed by atoms with Gasteiger partial charge in [-0.3, -0.25) is 14.6 Å². The molecule has 1 heterocycles. The monoisotopic (exact) mass is 291 g/mol. The van der Waals surface area contributed by atoms with E-state index in [0.29, 0.717) is 12.0 Å². The third-order valence-corrected chi connectivity index (χ3v) is 3.14. The molecule has 21 heavy (non-hydrogen) atoms. The highest BCUT2D eigenvalue weighted by Gasteiger charge is 2.29. The Balaban J connectivity index is 2.96. The summed E-state index contributed by atoms with van der Waals surface area (Å²) in [6, 6.07) is 3.27. The predicted molar refractivity (Wildman–Crippen MR) is 78.0 cm³/mol. The summed E-state index contributed by atoms with van der Waals surface area (Å²) in [6.07, 6.45) is 2.62. The van der Waals surface area contributed by atoms with Gasteiger partial charge >= 0.3 is 5.97 Å². The van der Waals surface area contributed by atoms with Crippen LogP contribution in [0.5, 0.6) is 0 Å². The Hall–Kier alpha value is -2.04. The minimum atomic E-state index is -0.930. The summed E-state index contributed by atoms with van der Waals surface area (Å²) in [7, 11) is 0. The first-order chi connectivity index (χ1) is 9.99. The summed E-state index contributed by atoms with van der Waals surface area (Å²) in [4.78, 5) is 39.7. The number of ether oxygens (including phenoxy) is 1. The molecule has 0 radical (unpaired) electrons. The van der Waals surface area contributed by atoms with E-state index >= 15 is 0 Å². The van der Waals surface area contributed by atoms with Gasteiger partial charge in [0.05, 0.1) is 6.61 Å². The molecular weight excluding hydrogens is 270 g/mol. The molecule has 0 aromatic carbocycles. The molecule has 0 amide bonds. The second-order valence-electron chi connectivity index (χ2n) is 4.80. The largest absolute Gasteiger partial charge is 0.465 e. The van der Waals surface area contributed by atoms with Crippen molar-refractivity contribution in [3.63, 3.8) is 0 Å². The van der Waals surface area contributed by atoms with Gasteiger partial charge in [0.15, 0.2) is 5.78 Å². The van der Waals surface area contributed by atoms with E-state index in [9.17, 15) is 14.4 Å². The summed E-state index contributed by atoms with van der Waals surface area (Å²) in [6.45, 7) is 5.27. The van der Waals surface area contributed by atoms with Gasteiger partial charge in [-0.2, -0.15) is 0 Å². The first-order valence-corrected chi connectivity index (χ1v) is 7.14. The Morgan fingerprint density at radius 1 is 1.29 bits per heavy atom. The molecule has 1 atom stereocenters. The molecule has 5 nitrogen and oxygen atoms in total. The highest BCUT2D eigenvalue weighted by Crippen LogP contribution is 2.17. The Labute approximate surface area is 124 Å². The average Bonchev–Trinajstić information content (AvgIpc) is 2.47. The number of rotatable bonds is 8. The number of esters is 1. The number of carbonyl (C=O) groups is 3. The van der Waals surface area contributed by atoms with Gasteiger partial charge in [0, 0.05) is 23.9 Å². The smallest absolute Gasteiger partial charge is 0.316 e. The van der Waals surface area contributed by atoms with Crippen molar-refractivity contribution in [3.05, 3.63) is 29.6 Å². The molecule has 114 valence electrons. The Bertz CT molecular complexity index is 525. The topological polar surface area (TPSA) is 73.3 Å². The van der Waals surface area contributed by atoms with Crippen LogP contribution in [0.3, 0.4) is 0 Å². The second-order valence-corrected chi connectivity index (χ2v) is 4.80. The average molecular weight is 291 g/mol. The standard InChI is InChI=1S/C16H21NO4/c1-4-13-10-12(8-9-17-13)15(19)14(7-6-11(3)18)16(20)21-5-2/h8-10,14H,4-7H2,1-3H3. The van der Waals surface area contributed by atoms with Crippen LogP contribution in [0, 0.1) is 5.92 Å². The summed E-state index contributed by atoms with van der Waals surface area (Å²) >= 11 is 0. The molecule has 0 aliphatic rings. The molecular formula is C16H21NO4. The second kappa shape index (κ2) is 8.29. The van der Waals surface area contributed by atoms with Gasteiger partial charge in [-0.15, -0.1) is 0 Å². The van der Waals surface area contributed by atoms with E-state index in [1.807, 2.05) is 6.92 Å². The number of hydrogen-bond acceptors (Lipinski definition) is 5. The van der Waals surface area contributed by atoms with E-state index < -0.39 is 11.9 Å². The third-order valence-electron chi connectivity index (χ3n) is 3.14. The van der Waals surface area contributed by atoms with Crippen LogP contribution in [-0.4, -0.2) is 29.1 Å². The third kappa shape index (κ3) is 5.10. The van der Waals surface area contributed by atoms with Crippen LogP contribution in [0.2, 0.25) is 0 Å². The van der Waals surface area contributed by atoms with E-state index in [1.54, 1.807) is 25.3 Å². The minimum absolute atomic E-state index is 0.0546. The number of carbonyl (C=O) groups excluding carboxylic acids is 3. The van der Waals surface area contributed by atoms with E-state index in [0.717, 1.165) is 5.69 Å². The number of nitrogens with zero attached hydrogens (tertiary/aromatic N) is 1. The maximum absolute atomic E-state index is 12.5. The maximum Gasteiger partial charge on any atom is 0.316 e. The predicted octanol–water partition coefficient (Wildman–Crippen LogP) is 2.38. The highest BCUT2D eigenvalue weighted by atomic mass is 16.5. The van der Waals surface area contributed by atoms with Crippen LogP contribution < -0.4 is 0 Å². The molecule has 1 unspecified atom stereocenters. The van der Waals surface area contributed by atoms with Crippen molar-refractivity contribution in [3.8, 4) is 0 Å². The first kappa shape index (κ1) is 17.0. The number of pyridine rings is 1. The van der Waals surface area contributed by atoms with E-state index in [-0.39, 0.29) is 31.0 Å². The van der Waals surface area contributed by atoms with E-state index in [4.69, 9.17) is 4.74 Å². The van der Waals surface area contributed by atoms with Gasteiger partial charge in [-0.25, -0.2) is 0 Å². The van der Waals surface area contributed by atoms with Crippen molar-refractivity contribution >= 4 is 17.5 Å². The van der Waals surface area contributed by atoms with Crippen LogP contribution in [0.4, 0.5) is 0 Å². The molecule has 0 aliphatic heterocycles. The molecule has 0 N–H and O–H groups in total. The van der Waals surface area contributed by atoms with Crippen molar-refractivity contribution in [2.75, 3.05) is 6.61 Å². The fraction of sp³-hybridized carbons (Fsp3) is 0.500. The highest BCUT2D eigenvalue weighted by molar-refractivity contribution is 6.08. The van der Waals surface area contributed by atoms with Crippen LogP contribution in [0.15, 0.2) is 18.3 Å². The van der Waals surface area contributed by atoms with Crippen molar-refractivity contribution in [1.82, 2.24) is 4.98 Å². The van der Waals surface area contributed by atoms with Crippen molar-refractivity contribution in [2.45, 2.75) is 40.0 Å². The van der Waals surface area contributed by atoms with Crippen LogP contribution in [0.1, 0.15) is 49.7 Å². The maximum atomic E-state index is 12.5. The van der Waals surface area contributed by atoms with Crippen molar-refractivity contribution in [2.24, 2.45) is 5.92 Å². The van der Waals surface area contributed by atoms with Gasteiger partial charge in [0.1, 0.15) is 11.7 Å². The summed E-state index contributed by atoms with van der Waals surface area (Å²) in [5.41, 5.74) is 1.22. The van der Waals surface area contributed by atoms with Gasteiger partial charge in [0.25, 0.3) is 0 Å². The quantitative estimate of drug-likeness (QED) is 0.417. The molecule has 0 saturated carbocycles. The minimum Gasteiger partial charge on any atom is -0.465 e. The van der Waals surface area contributed by atoms with E-state index in [2.05, 4.69) is 4.98 Å². The lowest BCUT2D eigenvalue weighted by molar-refractivity contribution is -0.146. The summed E-state index contributed by atoms with van der Waals surface area (Å²) in [5, 5.41) is 0. The number of hydrogen-bond donors (Lipinski definition) is 0. The zero-order valence-electron chi connectivity index (χ0n) is 12.7. The van der Waals surface area contributed by atoms with Crippen LogP contribution in [0.25, 0.3) is 0 Å². The van der Waals surface area contributed by atoms with Crippen LogP contribution >= 0.6 is 0 Å². The number of ketones is 2. The molecule has 0 fully saturated rings. The summed E-state index contributed by atoms with van der Waals surface area (Å²) < 4.78 is 4.95. The molecule has 0 saturated heterocycles.